The van der Waals surface area contributed by atoms with Crippen LogP contribution in [0.4, 0.5) is 0 Å². The largest absolute Gasteiger partial charge is 0.393 e. The number of rotatable bonds is 5. The zero-order valence-corrected chi connectivity index (χ0v) is 14.6. The number of hydrogen-bond donors (Lipinski definition) is 1. The molecule has 0 aliphatic carbocycles. The Morgan fingerprint density at radius 2 is 2.04 bits per heavy atom. The first-order valence-electron chi connectivity index (χ1n) is 8.37. The average Bonchev–Trinajstić information content (AvgIpc) is 3.02. The van der Waals surface area contributed by atoms with E-state index in [4.69, 9.17) is 4.74 Å². The molecule has 0 saturated carbocycles. The summed E-state index contributed by atoms with van der Waals surface area (Å²) in [4.78, 5) is 14.3. The number of benzene rings is 1. The minimum Gasteiger partial charge on any atom is -0.393 e. The molecular formula is C18H23N3O4. The van der Waals surface area contributed by atoms with Crippen molar-refractivity contribution in [3.63, 3.8) is 0 Å². The van der Waals surface area contributed by atoms with Crippen LogP contribution in [0.25, 0.3) is 0 Å². The maximum absolute atomic E-state index is 12.6. The standard InChI is InChI=1S/C18H23N3O4/c1-13-3-5-15(6-4-13)10-18(12-22)11-21(7-8-24-18)17(23)9-16-14(2)19-25-20-16/h3-6,22H,7-12H2,1-2H3. The van der Waals surface area contributed by atoms with E-state index in [0.29, 0.717) is 37.5 Å². The van der Waals surface area contributed by atoms with Crippen LogP contribution in [0.5, 0.6) is 0 Å². The Balaban J connectivity index is 1.70. The quantitative estimate of drug-likeness (QED) is 0.872. The van der Waals surface area contributed by atoms with Crippen molar-refractivity contribution in [2.24, 2.45) is 0 Å². The highest BCUT2D eigenvalue weighted by Gasteiger charge is 2.38. The fourth-order valence-corrected chi connectivity index (χ4v) is 3.06. The lowest BCUT2D eigenvalue weighted by molar-refractivity contribution is -0.157. The van der Waals surface area contributed by atoms with E-state index in [1.807, 2.05) is 31.2 Å². The lowest BCUT2D eigenvalue weighted by Crippen LogP contribution is -2.57. The highest BCUT2D eigenvalue weighted by atomic mass is 16.6. The Hall–Kier alpha value is -2.25. The van der Waals surface area contributed by atoms with Crippen LogP contribution in [0, 0.1) is 13.8 Å². The van der Waals surface area contributed by atoms with Gasteiger partial charge in [0.1, 0.15) is 17.0 Å². The van der Waals surface area contributed by atoms with Crippen molar-refractivity contribution in [2.45, 2.75) is 32.3 Å². The number of amides is 1. The normalized spacial score (nSPS) is 20.7. The number of morpholine rings is 1. The van der Waals surface area contributed by atoms with Gasteiger partial charge in [-0.15, -0.1) is 0 Å². The van der Waals surface area contributed by atoms with Gasteiger partial charge in [0, 0.05) is 13.0 Å². The number of nitrogens with zero attached hydrogens (tertiary/aromatic N) is 3. The van der Waals surface area contributed by atoms with E-state index in [0.717, 1.165) is 5.56 Å². The smallest absolute Gasteiger partial charge is 0.228 e. The van der Waals surface area contributed by atoms with Crippen LogP contribution >= 0.6 is 0 Å². The minimum absolute atomic E-state index is 0.0659. The summed E-state index contributed by atoms with van der Waals surface area (Å²) in [6.45, 7) is 4.89. The second kappa shape index (κ2) is 7.33. The Morgan fingerprint density at radius 3 is 2.68 bits per heavy atom. The molecule has 1 aromatic carbocycles. The number of hydrogen-bond acceptors (Lipinski definition) is 6. The van der Waals surface area contributed by atoms with Crippen molar-refractivity contribution in [1.29, 1.82) is 0 Å². The number of aliphatic hydroxyl groups excluding tert-OH is 1. The first-order valence-corrected chi connectivity index (χ1v) is 8.37. The van der Waals surface area contributed by atoms with Crippen LogP contribution in [0.1, 0.15) is 22.5 Å². The molecular weight excluding hydrogens is 322 g/mol. The maximum atomic E-state index is 12.6. The molecule has 0 spiro atoms. The van der Waals surface area contributed by atoms with Gasteiger partial charge in [-0.3, -0.25) is 4.79 Å². The van der Waals surface area contributed by atoms with Gasteiger partial charge in [0.25, 0.3) is 0 Å². The third kappa shape index (κ3) is 4.05. The Labute approximate surface area is 146 Å². The summed E-state index contributed by atoms with van der Waals surface area (Å²) in [5.41, 5.74) is 2.64. The van der Waals surface area contributed by atoms with Gasteiger partial charge >= 0.3 is 0 Å². The van der Waals surface area contributed by atoms with Crippen molar-refractivity contribution >= 4 is 5.91 Å². The summed E-state index contributed by atoms with van der Waals surface area (Å²) in [5, 5.41) is 17.4. The third-order valence-corrected chi connectivity index (χ3v) is 4.60. The Bertz CT molecular complexity index is 728. The van der Waals surface area contributed by atoms with Gasteiger partial charge in [0.05, 0.1) is 26.2 Å². The van der Waals surface area contributed by atoms with Crippen molar-refractivity contribution in [3.8, 4) is 0 Å². The van der Waals surface area contributed by atoms with E-state index in [1.54, 1.807) is 11.8 Å². The molecule has 1 unspecified atom stereocenters. The van der Waals surface area contributed by atoms with Crippen molar-refractivity contribution in [2.75, 3.05) is 26.3 Å². The molecule has 1 aliphatic rings. The molecule has 0 radical (unpaired) electrons. The molecule has 25 heavy (non-hydrogen) atoms. The van der Waals surface area contributed by atoms with Gasteiger partial charge in [-0.05, 0) is 19.4 Å². The molecule has 1 atom stereocenters. The first kappa shape index (κ1) is 17.6. The number of aryl methyl sites for hydroxylation is 2. The van der Waals surface area contributed by atoms with E-state index < -0.39 is 5.60 Å². The molecule has 3 rings (SSSR count). The lowest BCUT2D eigenvalue weighted by Gasteiger charge is -2.42. The molecule has 7 nitrogen and oxygen atoms in total. The molecule has 1 saturated heterocycles. The van der Waals surface area contributed by atoms with Crippen LogP contribution in [0.3, 0.4) is 0 Å². The Kier molecular flexibility index (Phi) is 5.15. The average molecular weight is 345 g/mol. The number of ether oxygens (including phenoxy) is 1. The van der Waals surface area contributed by atoms with E-state index in [9.17, 15) is 9.90 Å². The van der Waals surface area contributed by atoms with Gasteiger partial charge in [-0.1, -0.05) is 40.1 Å². The molecule has 1 N–H and O–H groups in total. The molecule has 0 bridgehead atoms. The topological polar surface area (TPSA) is 88.7 Å². The van der Waals surface area contributed by atoms with Gasteiger partial charge in [0.2, 0.25) is 5.91 Å². The predicted molar refractivity (Wildman–Crippen MR) is 90.0 cm³/mol. The molecule has 1 amide bonds. The van der Waals surface area contributed by atoms with E-state index >= 15 is 0 Å². The van der Waals surface area contributed by atoms with E-state index in [1.165, 1.54) is 5.56 Å². The predicted octanol–water partition coefficient (Wildman–Crippen LogP) is 1.06. The highest BCUT2D eigenvalue weighted by Crippen LogP contribution is 2.24. The second-order valence-corrected chi connectivity index (χ2v) is 6.64. The van der Waals surface area contributed by atoms with E-state index in [-0.39, 0.29) is 18.9 Å². The summed E-state index contributed by atoms with van der Waals surface area (Å²) in [6, 6.07) is 8.13. The number of aromatic nitrogens is 2. The van der Waals surface area contributed by atoms with Crippen molar-refractivity contribution in [3.05, 3.63) is 46.8 Å². The van der Waals surface area contributed by atoms with Gasteiger partial charge < -0.3 is 14.7 Å². The van der Waals surface area contributed by atoms with Crippen LogP contribution in [0.15, 0.2) is 28.9 Å². The number of carbonyl (C=O) groups is 1. The number of carbonyl (C=O) groups excluding carboxylic acids is 1. The van der Waals surface area contributed by atoms with Crippen LogP contribution in [-0.2, 0) is 22.4 Å². The summed E-state index contributed by atoms with van der Waals surface area (Å²) < 4.78 is 10.5. The van der Waals surface area contributed by atoms with Gasteiger partial charge in [-0.25, -0.2) is 4.63 Å². The SMILES string of the molecule is Cc1ccc(CC2(CO)CN(C(=O)Cc3nonc3C)CCO2)cc1. The van der Waals surface area contributed by atoms with Crippen LogP contribution in [0.2, 0.25) is 0 Å². The van der Waals surface area contributed by atoms with Gasteiger partial charge in [0.15, 0.2) is 0 Å². The minimum atomic E-state index is -0.777. The highest BCUT2D eigenvalue weighted by molar-refractivity contribution is 5.78. The van der Waals surface area contributed by atoms with Gasteiger partial charge in [-0.2, -0.15) is 0 Å². The molecule has 134 valence electrons. The first-order chi connectivity index (χ1) is 12.0. The number of aliphatic hydroxyl groups is 1. The fraction of sp³-hybridized carbons (Fsp3) is 0.500. The van der Waals surface area contributed by atoms with Crippen molar-refractivity contribution in [1.82, 2.24) is 15.2 Å². The fourth-order valence-electron chi connectivity index (χ4n) is 3.06. The maximum Gasteiger partial charge on any atom is 0.228 e. The van der Waals surface area contributed by atoms with Crippen LogP contribution in [-0.4, -0.2) is 58.1 Å². The molecule has 1 aromatic heterocycles. The van der Waals surface area contributed by atoms with E-state index in [2.05, 4.69) is 14.9 Å². The molecule has 1 fully saturated rings. The monoisotopic (exact) mass is 345 g/mol. The lowest BCUT2D eigenvalue weighted by atomic mass is 9.92. The zero-order valence-electron chi connectivity index (χ0n) is 14.6. The second-order valence-electron chi connectivity index (χ2n) is 6.64. The van der Waals surface area contributed by atoms with Crippen LogP contribution < -0.4 is 0 Å². The zero-order chi connectivity index (χ0) is 17.9. The molecule has 2 heterocycles. The third-order valence-electron chi connectivity index (χ3n) is 4.60. The summed E-state index contributed by atoms with van der Waals surface area (Å²) in [6.07, 6.45) is 0.694. The molecule has 7 heteroatoms. The molecule has 1 aliphatic heterocycles. The summed E-state index contributed by atoms with van der Waals surface area (Å²) in [7, 11) is 0. The summed E-state index contributed by atoms with van der Waals surface area (Å²) >= 11 is 0. The summed E-state index contributed by atoms with van der Waals surface area (Å²) in [5.74, 6) is -0.0659. The van der Waals surface area contributed by atoms with Crippen molar-refractivity contribution < 1.29 is 19.3 Å². The molecule has 2 aromatic rings. The Morgan fingerprint density at radius 1 is 1.28 bits per heavy atom.